The number of hydrogen-bond donors (Lipinski definition) is 1. The van der Waals surface area contributed by atoms with Crippen LogP contribution < -0.4 is 5.32 Å². The Balaban J connectivity index is 2.80. The Kier molecular flexibility index (Phi) is 6.13. The number of amides is 1. The number of halogens is 3. The van der Waals surface area contributed by atoms with Crippen molar-refractivity contribution in [1.29, 1.82) is 0 Å². The number of carbonyl (C=O) groups is 1. The van der Waals surface area contributed by atoms with Crippen LogP contribution in [0.4, 0.5) is 15.8 Å². The van der Waals surface area contributed by atoms with Gasteiger partial charge in [-0.25, -0.2) is 0 Å². The van der Waals surface area contributed by atoms with Crippen molar-refractivity contribution in [2.45, 2.75) is 0 Å². The zero-order valence-electron chi connectivity index (χ0n) is 9.49. The largest absolute Gasteiger partial charge is 0.370 e. The van der Waals surface area contributed by atoms with Crippen molar-refractivity contribution < 1.29 is 18.8 Å². The van der Waals surface area contributed by atoms with Crippen LogP contribution in [-0.4, -0.2) is 29.9 Å². The number of alkyl halides is 1. The molecule has 1 aromatic rings. The molecule has 1 rings (SSSR count). The Hall–Kier alpha value is -1.25. The normalized spacial score (nSPS) is 10.3. The zero-order valence-corrected chi connectivity index (χ0v) is 11.8. The highest BCUT2D eigenvalue weighted by atomic mass is 79.9. The van der Waals surface area contributed by atoms with Crippen LogP contribution in [0.1, 0.15) is 0 Å². The number of nitro benzene ring substituents is 1. The molecule has 6 nitrogen and oxygen atoms in total. The molecule has 0 radical (unpaired) electrons. The summed E-state index contributed by atoms with van der Waals surface area (Å²) in [7, 11) is 0. The maximum atomic E-state index is 13.2. The number of rotatable bonds is 6. The molecule has 0 aliphatic rings. The van der Waals surface area contributed by atoms with Crippen LogP contribution in [0.3, 0.4) is 0 Å². The van der Waals surface area contributed by atoms with E-state index in [-0.39, 0.29) is 29.3 Å². The van der Waals surface area contributed by atoms with Gasteiger partial charge < -0.3 is 10.1 Å². The van der Waals surface area contributed by atoms with E-state index >= 15 is 0 Å². The van der Waals surface area contributed by atoms with E-state index in [1.165, 1.54) is 0 Å². The quantitative estimate of drug-likeness (QED) is 0.368. The van der Waals surface area contributed by atoms with Crippen molar-refractivity contribution in [3.63, 3.8) is 0 Å². The van der Waals surface area contributed by atoms with Gasteiger partial charge in [-0.05, 0) is 22.0 Å². The van der Waals surface area contributed by atoms with Gasteiger partial charge >= 0.3 is 5.69 Å². The number of nitrogens with one attached hydrogen (secondary N) is 1. The van der Waals surface area contributed by atoms with Crippen molar-refractivity contribution in [3.05, 3.63) is 32.5 Å². The molecule has 0 heterocycles. The molecule has 1 amide bonds. The molecule has 0 bridgehead atoms. The number of carbonyl (C=O) groups excluding carboxylic acids is 1. The molecule has 19 heavy (non-hydrogen) atoms. The topological polar surface area (TPSA) is 81.5 Å². The fourth-order valence-electron chi connectivity index (χ4n) is 1.18. The van der Waals surface area contributed by atoms with E-state index in [0.717, 1.165) is 12.1 Å². The Bertz CT molecular complexity index is 501. The van der Waals surface area contributed by atoms with Gasteiger partial charge in [-0.15, -0.1) is 11.6 Å². The fourth-order valence-corrected chi connectivity index (χ4v) is 1.70. The van der Waals surface area contributed by atoms with E-state index in [1.54, 1.807) is 0 Å². The maximum Gasteiger partial charge on any atom is 0.306 e. The average Bonchev–Trinajstić information content (AvgIpc) is 2.32. The third-order valence-electron chi connectivity index (χ3n) is 1.96. The molecule has 1 N–H and O–H groups in total. The Morgan fingerprint density at radius 3 is 2.84 bits per heavy atom. The molecule has 0 saturated carbocycles. The van der Waals surface area contributed by atoms with Crippen LogP contribution in [0, 0.1) is 15.9 Å². The van der Waals surface area contributed by atoms with E-state index in [0.29, 0.717) is 0 Å². The first-order valence-electron chi connectivity index (χ1n) is 5.02. The summed E-state index contributed by atoms with van der Waals surface area (Å²) in [4.78, 5) is 21.1. The predicted molar refractivity (Wildman–Crippen MR) is 70.9 cm³/mol. The second-order valence-corrected chi connectivity index (χ2v) is 4.56. The molecule has 0 aromatic heterocycles. The predicted octanol–water partition coefficient (Wildman–Crippen LogP) is 2.69. The first-order valence-corrected chi connectivity index (χ1v) is 6.35. The molecule has 0 spiro atoms. The van der Waals surface area contributed by atoms with Gasteiger partial charge in [0.2, 0.25) is 11.7 Å². The molecule has 0 aliphatic carbocycles. The molecular weight excluding hydrogens is 346 g/mol. The van der Waals surface area contributed by atoms with Crippen molar-refractivity contribution in [2.75, 3.05) is 24.4 Å². The van der Waals surface area contributed by atoms with Crippen molar-refractivity contribution in [1.82, 2.24) is 0 Å². The molecule has 0 fully saturated rings. The maximum absolute atomic E-state index is 13.2. The number of nitro groups is 1. The zero-order chi connectivity index (χ0) is 14.4. The molecule has 9 heteroatoms. The van der Waals surface area contributed by atoms with Crippen LogP contribution >= 0.6 is 27.5 Å². The van der Waals surface area contributed by atoms with Crippen molar-refractivity contribution in [2.24, 2.45) is 0 Å². The second-order valence-electron chi connectivity index (χ2n) is 3.33. The van der Waals surface area contributed by atoms with Crippen LogP contribution in [0.5, 0.6) is 0 Å². The molecule has 0 atom stereocenters. The summed E-state index contributed by atoms with van der Waals surface area (Å²) >= 11 is 8.36. The number of anilines is 1. The lowest BCUT2D eigenvalue weighted by molar-refractivity contribution is -0.387. The summed E-state index contributed by atoms with van der Waals surface area (Å²) in [5, 5.41) is 12.9. The monoisotopic (exact) mass is 354 g/mol. The van der Waals surface area contributed by atoms with E-state index < -0.39 is 22.3 Å². The van der Waals surface area contributed by atoms with Crippen LogP contribution in [-0.2, 0) is 9.53 Å². The summed E-state index contributed by atoms with van der Waals surface area (Å²) in [6, 6.07) is 1.84. The van der Waals surface area contributed by atoms with Gasteiger partial charge in [0.25, 0.3) is 0 Å². The molecule has 1 aromatic carbocycles. The average molecular weight is 356 g/mol. The van der Waals surface area contributed by atoms with Gasteiger partial charge in [-0.2, -0.15) is 4.39 Å². The van der Waals surface area contributed by atoms with Crippen LogP contribution in [0.15, 0.2) is 16.6 Å². The SMILES string of the molecule is O=C(COCCCl)Nc1cc([N+](=O)[O-])c(F)cc1Br. The third-order valence-corrected chi connectivity index (χ3v) is 2.77. The van der Waals surface area contributed by atoms with Gasteiger partial charge in [-0.3, -0.25) is 14.9 Å². The highest BCUT2D eigenvalue weighted by Gasteiger charge is 2.18. The number of hydrogen-bond acceptors (Lipinski definition) is 4. The standard InChI is InChI=1S/C10H9BrClFN2O4/c11-6-3-7(13)9(15(17)18)4-8(6)14-10(16)5-19-2-1-12/h3-4H,1-2,5H2,(H,14,16). The molecule has 104 valence electrons. The Morgan fingerprint density at radius 1 is 1.58 bits per heavy atom. The molecule has 0 unspecified atom stereocenters. The number of benzene rings is 1. The lowest BCUT2D eigenvalue weighted by atomic mass is 10.2. The highest BCUT2D eigenvalue weighted by molar-refractivity contribution is 9.10. The van der Waals surface area contributed by atoms with E-state index in [9.17, 15) is 19.3 Å². The van der Waals surface area contributed by atoms with Gasteiger partial charge in [-0.1, -0.05) is 0 Å². The lowest BCUT2D eigenvalue weighted by Gasteiger charge is -2.08. The first-order chi connectivity index (χ1) is 8.95. The number of ether oxygens (including phenoxy) is 1. The van der Waals surface area contributed by atoms with Crippen molar-refractivity contribution in [3.8, 4) is 0 Å². The van der Waals surface area contributed by atoms with Crippen LogP contribution in [0.25, 0.3) is 0 Å². The molecule has 0 saturated heterocycles. The van der Waals surface area contributed by atoms with E-state index in [4.69, 9.17) is 16.3 Å². The summed E-state index contributed by atoms with van der Waals surface area (Å²) in [5.41, 5.74) is -0.632. The minimum atomic E-state index is -0.992. The highest BCUT2D eigenvalue weighted by Crippen LogP contribution is 2.29. The summed E-state index contributed by atoms with van der Waals surface area (Å²) < 4.78 is 18.3. The molecule has 0 aliphatic heterocycles. The first kappa shape index (κ1) is 15.8. The second kappa shape index (κ2) is 7.37. The smallest absolute Gasteiger partial charge is 0.306 e. The van der Waals surface area contributed by atoms with Gasteiger partial charge in [0.1, 0.15) is 6.61 Å². The summed E-state index contributed by atoms with van der Waals surface area (Å²) in [5.74, 6) is -1.26. The van der Waals surface area contributed by atoms with Gasteiger partial charge in [0.15, 0.2) is 0 Å². The van der Waals surface area contributed by atoms with Gasteiger partial charge in [0, 0.05) is 16.4 Å². The summed E-state index contributed by atoms with van der Waals surface area (Å²) in [6.07, 6.45) is 0. The van der Waals surface area contributed by atoms with Crippen LogP contribution in [0.2, 0.25) is 0 Å². The molecular formula is C10H9BrClFN2O4. The van der Waals surface area contributed by atoms with E-state index in [2.05, 4.69) is 21.2 Å². The van der Waals surface area contributed by atoms with Crippen molar-refractivity contribution >= 4 is 44.8 Å². The number of nitrogens with zero attached hydrogens (tertiary/aromatic N) is 1. The van der Waals surface area contributed by atoms with Gasteiger partial charge in [0.05, 0.1) is 17.2 Å². The lowest BCUT2D eigenvalue weighted by Crippen LogP contribution is -2.19. The minimum Gasteiger partial charge on any atom is -0.370 e. The minimum absolute atomic E-state index is 0.0903. The summed E-state index contributed by atoms with van der Waals surface area (Å²) in [6.45, 7) is -0.0377. The Labute approximate surface area is 121 Å². The fraction of sp³-hybridized carbons (Fsp3) is 0.300. The Morgan fingerprint density at radius 2 is 2.26 bits per heavy atom. The van der Waals surface area contributed by atoms with E-state index in [1.807, 2.05) is 0 Å². The third kappa shape index (κ3) is 4.73.